The van der Waals surface area contributed by atoms with Gasteiger partial charge >= 0.3 is 0 Å². The van der Waals surface area contributed by atoms with Crippen molar-refractivity contribution in [3.05, 3.63) is 29.6 Å². The molecule has 1 aromatic heterocycles. The van der Waals surface area contributed by atoms with E-state index in [-0.39, 0.29) is 5.91 Å². The zero-order valence-corrected chi connectivity index (χ0v) is 8.36. The Morgan fingerprint density at radius 3 is 3.00 bits per heavy atom. The zero-order valence-electron chi connectivity index (χ0n) is 8.36. The van der Waals surface area contributed by atoms with Gasteiger partial charge in [0.25, 0.3) is 5.91 Å². The molecule has 0 unspecified atom stereocenters. The van der Waals surface area contributed by atoms with Gasteiger partial charge in [0, 0.05) is 19.9 Å². The molecule has 0 saturated carbocycles. The molecular formula is C10H11N3O2. The molecule has 0 radical (unpaired) electrons. The number of carbonyl (C=O) groups excluding carboxylic acids is 1. The van der Waals surface area contributed by atoms with Crippen molar-refractivity contribution < 1.29 is 9.53 Å². The summed E-state index contributed by atoms with van der Waals surface area (Å²) in [5.41, 5.74) is 0.730. The highest BCUT2D eigenvalue weighted by Crippen LogP contribution is 1.98. The van der Waals surface area contributed by atoms with E-state index in [1.165, 1.54) is 12.3 Å². The van der Waals surface area contributed by atoms with E-state index in [0.29, 0.717) is 24.4 Å². The first-order valence-electron chi connectivity index (χ1n) is 4.41. The number of nitrogens with one attached hydrogen (secondary N) is 1. The van der Waals surface area contributed by atoms with Gasteiger partial charge in [-0.15, -0.1) is 0 Å². The number of aromatic nitrogens is 1. The normalized spacial score (nSPS) is 9.33. The van der Waals surface area contributed by atoms with Gasteiger partial charge in [-0.1, -0.05) is 0 Å². The largest absolute Gasteiger partial charge is 0.383 e. The third-order valence-corrected chi connectivity index (χ3v) is 1.73. The van der Waals surface area contributed by atoms with Crippen LogP contribution in [-0.2, 0) is 4.74 Å². The number of ether oxygens (including phenoxy) is 1. The minimum atomic E-state index is -0.218. The van der Waals surface area contributed by atoms with Crippen molar-refractivity contribution in [3.63, 3.8) is 0 Å². The third kappa shape index (κ3) is 3.37. The first-order valence-corrected chi connectivity index (χ1v) is 4.41. The maximum Gasteiger partial charge on any atom is 0.252 e. The van der Waals surface area contributed by atoms with Gasteiger partial charge in [0.15, 0.2) is 0 Å². The Morgan fingerprint density at radius 1 is 1.67 bits per heavy atom. The van der Waals surface area contributed by atoms with Crippen LogP contribution in [-0.4, -0.2) is 31.2 Å². The quantitative estimate of drug-likeness (QED) is 0.719. The van der Waals surface area contributed by atoms with Gasteiger partial charge in [-0.05, 0) is 12.1 Å². The van der Waals surface area contributed by atoms with Crippen LogP contribution in [0, 0.1) is 11.3 Å². The molecule has 78 valence electrons. The molecule has 0 aliphatic carbocycles. The lowest BCUT2D eigenvalue weighted by Crippen LogP contribution is -2.26. The van der Waals surface area contributed by atoms with Gasteiger partial charge in [0.05, 0.1) is 12.2 Å². The zero-order chi connectivity index (χ0) is 11.1. The summed E-state index contributed by atoms with van der Waals surface area (Å²) in [5, 5.41) is 11.2. The predicted molar refractivity (Wildman–Crippen MR) is 53.2 cm³/mol. The van der Waals surface area contributed by atoms with Crippen LogP contribution in [0.2, 0.25) is 0 Å². The van der Waals surface area contributed by atoms with Crippen molar-refractivity contribution in [2.24, 2.45) is 0 Å². The highest BCUT2D eigenvalue weighted by Gasteiger charge is 2.04. The molecule has 0 saturated heterocycles. The molecule has 1 N–H and O–H groups in total. The van der Waals surface area contributed by atoms with Crippen LogP contribution in [0.5, 0.6) is 0 Å². The maximum atomic E-state index is 11.4. The van der Waals surface area contributed by atoms with Crippen LogP contribution in [0.15, 0.2) is 18.3 Å². The van der Waals surface area contributed by atoms with E-state index in [0.717, 1.165) is 0 Å². The Hall–Kier alpha value is -1.93. The number of nitrogens with zero attached hydrogens (tertiary/aromatic N) is 2. The van der Waals surface area contributed by atoms with Gasteiger partial charge in [-0.3, -0.25) is 4.79 Å². The van der Waals surface area contributed by atoms with E-state index >= 15 is 0 Å². The molecule has 0 atom stereocenters. The fraction of sp³-hybridized carbons (Fsp3) is 0.300. The van der Waals surface area contributed by atoms with Gasteiger partial charge in [0.2, 0.25) is 0 Å². The summed E-state index contributed by atoms with van der Waals surface area (Å²) < 4.78 is 4.79. The lowest BCUT2D eigenvalue weighted by molar-refractivity contribution is 0.0936. The number of hydrogen-bond acceptors (Lipinski definition) is 4. The second-order valence-electron chi connectivity index (χ2n) is 2.79. The highest BCUT2D eigenvalue weighted by atomic mass is 16.5. The summed E-state index contributed by atoms with van der Waals surface area (Å²) in [6.07, 6.45) is 1.38. The van der Waals surface area contributed by atoms with Crippen molar-refractivity contribution in [1.29, 1.82) is 5.26 Å². The summed E-state index contributed by atoms with van der Waals surface area (Å²) in [5.74, 6) is -0.218. The molecule has 0 fully saturated rings. The van der Waals surface area contributed by atoms with Gasteiger partial charge in [-0.25, -0.2) is 4.98 Å². The SMILES string of the molecule is COCCNC(=O)c1ccc(C#N)nc1. The molecule has 1 aromatic rings. The van der Waals surface area contributed by atoms with E-state index in [4.69, 9.17) is 10.00 Å². The molecule has 0 aliphatic heterocycles. The molecular weight excluding hydrogens is 194 g/mol. The van der Waals surface area contributed by atoms with Gasteiger partial charge < -0.3 is 10.1 Å². The second-order valence-corrected chi connectivity index (χ2v) is 2.79. The van der Waals surface area contributed by atoms with E-state index in [1.807, 2.05) is 6.07 Å². The number of nitriles is 1. The smallest absolute Gasteiger partial charge is 0.252 e. The summed E-state index contributed by atoms with van der Waals surface area (Å²) in [6.45, 7) is 0.921. The van der Waals surface area contributed by atoms with Gasteiger partial charge in [-0.2, -0.15) is 5.26 Å². The molecule has 0 aromatic carbocycles. The van der Waals surface area contributed by atoms with Crippen molar-refractivity contribution in [2.75, 3.05) is 20.3 Å². The molecule has 1 amide bonds. The standard InChI is InChI=1S/C10H11N3O2/c1-15-5-4-12-10(14)8-2-3-9(6-11)13-7-8/h2-3,7H,4-5H2,1H3,(H,12,14). The summed E-state index contributed by atoms with van der Waals surface area (Å²) in [4.78, 5) is 15.2. The highest BCUT2D eigenvalue weighted by molar-refractivity contribution is 5.93. The topological polar surface area (TPSA) is 75.0 Å². The van der Waals surface area contributed by atoms with Gasteiger partial charge in [0.1, 0.15) is 11.8 Å². The maximum absolute atomic E-state index is 11.4. The first-order chi connectivity index (χ1) is 7.27. The van der Waals surface area contributed by atoms with Crippen molar-refractivity contribution in [1.82, 2.24) is 10.3 Å². The number of methoxy groups -OCH3 is 1. The molecule has 0 aliphatic rings. The van der Waals surface area contributed by atoms with E-state index in [9.17, 15) is 4.79 Å². The Kier molecular flexibility index (Phi) is 4.26. The van der Waals surface area contributed by atoms with Crippen LogP contribution >= 0.6 is 0 Å². The fourth-order valence-corrected chi connectivity index (χ4v) is 0.963. The number of pyridine rings is 1. The lowest BCUT2D eigenvalue weighted by Gasteiger charge is -2.03. The number of carbonyl (C=O) groups is 1. The predicted octanol–water partition coefficient (Wildman–Crippen LogP) is 0.329. The Balaban J connectivity index is 2.55. The monoisotopic (exact) mass is 205 g/mol. The first kappa shape index (κ1) is 11.1. The molecule has 5 nitrogen and oxygen atoms in total. The molecule has 0 bridgehead atoms. The van der Waals surface area contributed by atoms with Crippen molar-refractivity contribution >= 4 is 5.91 Å². The van der Waals surface area contributed by atoms with Crippen LogP contribution in [0.25, 0.3) is 0 Å². The molecule has 15 heavy (non-hydrogen) atoms. The summed E-state index contributed by atoms with van der Waals surface area (Å²) >= 11 is 0. The summed E-state index contributed by atoms with van der Waals surface area (Å²) in [6, 6.07) is 4.95. The average molecular weight is 205 g/mol. The Labute approximate surface area is 87.7 Å². The second kappa shape index (κ2) is 5.73. The van der Waals surface area contributed by atoms with Crippen LogP contribution < -0.4 is 5.32 Å². The van der Waals surface area contributed by atoms with Crippen LogP contribution in [0.4, 0.5) is 0 Å². The number of rotatable bonds is 4. The van der Waals surface area contributed by atoms with E-state index < -0.39 is 0 Å². The summed E-state index contributed by atoms with van der Waals surface area (Å²) in [7, 11) is 1.56. The molecule has 0 spiro atoms. The lowest BCUT2D eigenvalue weighted by atomic mass is 10.2. The van der Waals surface area contributed by atoms with Crippen LogP contribution in [0.1, 0.15) is 16.1 Å². The Bertz CT molecular complexity index is 367. The van der Waals surface area contributed by atoms with Crippen molar-refractivity contribution in [2.45, 2.75) is 0 Å². The molecule has 1 rings (SSSR count). The van der Waals surface area contributed by atoms with Crippen molar-refractivity contribution in [3.8, 4) is 6.07 Å². The third-order valence-electron chi connectivity index (χ3n) is 1.73. The average Bonchev–Trinajstić information content (AvgIpc) is 2.29. The Morgan fingerprint density at radius 2 is 2.47 bits per heavy atom. The minimum absolute atomic E-state index is 0.218. The van der Waals surface area contributed by atoms with Crippen LogP contribution in [0.3, 0.4) is 0 Å². The molecule has 1 heterocycles. The fourth-order valence-electron chi connectivity index (χ4n) is 0.963. The molecule has 5 heteroatoms. The van der Waals surface area contributed by atoms with E-state index in [1.54, 1.807) is 13.2 Å². The minimum Gasteiger partial charge on any atom is -0.383 e. The van der Waals surface area contributed by atoms with E-state index in [2.05, 4.69) is 10.3 Å². The number of hydrogen-bond donors (Lipinski definition) is 1. The number of amides is 1.